The second-order valence-corrected chi connectivity index (χ2v) is 4.03. The zero-order valence-corrected chi connectivity index (χ0v) is 10.5. The minimum atomic E-state index is 0.291. The minimum Gasteiger partial charge on any atom is -0.496 e. The van der Waals surface area contributed by atoms with E-state index in [0.717, 1.165) is 30.2 Å². The van der Waals surface area contributed by atoms with E-state index in [1.165, 1.54) is 0 Å². The van der Waals surface area contributed by atoms with Crippen molar-refractivity contribution in [2.45, 2.75) is 26.9 Å². The summed E-state index contributed by atoms with van der Waals surface area (Å²) in [5, 5.41) is 3.31. The third-order valence-corrected chi connectivity index (χ3v) is 2.28. The number of hydrogen-bond acceptors (Lipinski definition) is 3. The molecule has 0 saturated carbocycles. The van der Waals surface area contributed by atoms with Crippen LogP contribution in [0.25, 0.3) is 0 Å². The van der Waals surface area contributed by atoms with Crippen molar-refractivity contribution in [1.82, 2.24) is 0 Å². The Balaban J connectivity index is 2.40. The standard InChI is InChI=1S/C13H21NO2/c1-10(2)16-8-7-14-12-5-6-13(15-4)11(3)9-12/h5-6,9-10,14H,7-8H2,1-4H3. The molecule has 0 amide bonds. The van der Waals surface area contributed by atoms with E-state index in [9.17, 15) is 0 Å². The van der Waals surface area contributed by atoms with Crippen molar-refractivity contribution < 1.29 is 9.47 Å². The summed E-state index contributed by atoms with van der Waals surface area (Å²) in [6.45, 7) is 7.66. The zero-order chi connectivity index (χ0) is 12.0. The summed E-state index contributed by atoms with van der Waals surface area (Å²) in [6.07, 6.45) is 0.291. The van der Waals surface area contributed by atoms with Crippen molar-refractivity contribution in [3.8, 4) is 5.75 Å². The molecule has 0 saturated heterocycles. The van der Waals surface area contributed by atoms with Crippen LogP contribution >= 0.6 is 0 Å². The molecule has 0 fully saturated rings. The molecule has 1 aromatic carbocycles. The highest BCUT2D eigenvalue weighted by Crippen LogP contribution is 2.21. The van der Waals surface area contributed by atoms with Crippen LogP contribution in [-0.4, -0.2) is 26.4 Å². The Morgan fingerprint density at radius 3 is 2.62 bits per heavy atom. The monoisotopic (exact) mass is 223 g/mol. The van der Waals surface area contributed by atoms with Crippen LogP contribution in [-0.2, 0) is 4.74 Å². The number of ether oxygens (including phenoxy) is 2. The van der Waals surface area contributed by atoms with E-state index in [1.807, 2.05) is 32.9 Å². The van der Waals surface area contributed by atoms with Crippen LogP contribution in [0.2, 0.25) is 0 Å². The molecular weight excluding hydrogens is 202 g/mol. The predicted octanol–water partition coefficient (Wildman–Crippen LogP) is 2.84. The summed E-state index contributed by atoms with van der Waals surface area (Å²) >= 11 is 0. The molecule has 0 atom stereocenters. The Bertz CT molecular complexity index is 324. The van der Waals surface area contributed by atoms with Crippen molar-refractivity contribution in [3.63, 3.8) is 0 Å². The molecule has 0 bridgehead atoms. The lowest BCUT2D eigenvalue weighted by Crippen LogP contribution is -2.13. The van der Waals surface area contributed by atoms with Gasteiger partial charge in [0, 0.05) is 12.2 Å². The van der Waals surface area contributed by atoms with Crippen molar-refractivity contribution in [2.75, 3.05) is 25.6 Å². The van der Waals surface area contributed by atoms with E-state index in [0.29, 0.717) is 6.10 Å². The van der Waals surface area contributed by atoms with Gasteiger partial charge in [-0.3, -0.25) is 0 Å². The first-order chi connectivity index (χ1) is 7.63. The fourth-order valence-corrected chi connectivity index (χ4v) is 1.48. The number of nitrogens with one attached hydrogen (secondary N) is 1. The lowest BCUT2D eigenvalue weighted by molar-refractivity contribution is 0.0870. The molecule has 0 unspecified atom stereocenters. The molecule has 0 aliphatic heterocycles. The summed E-state index contributed by atoms with van der Waals surface area (Å²) in [7, 11) is 1.69. The molecule has 0 aliphatic rings. The van der Waals surface area contributed by atoms with Gasteiger partial charge in [-0.1, -0.05) is 0 Å². The fourth-order valence-electron chi connectivity index (χ4n) is 1.48. The van der Waals surface area contributed by atoms with E-state index in [1.54, 1.807) is 7.11 Å². The van der Waals surface area contributed by atoms with Gasteiger partial charge in [0.2, 0.25) is 0 Å². The van der Waals surface area contributed by atoms with E-state index in [-0.39, 0.29) is 0 Å². The van der Waals surface area contributed by atoms with E-state index in [4.69, 9.17) is 9.47 Å². The maximum absolute atomic E-state index is 5.45. The molecule has 3 nitrogen and oxygen atoms in total. The molecule has 0 aromatic heterocycles. The van der Waals surface area contributed by atoms with Crippen LogP contribution in [0.1, 0.15) is 19.4 Å². The van der Waals surface area contributed by atoms with Gasteiger partial charge in [-0.25, -0.2) is 0 Å². The van der Waals surface area contributed by atoms with Gasteiger partial charge in [-0.05, 0) is 44.5 Å². The smallest absolute Gasteiger partial charge is 0.121 e. The Morgan fingerprint density at radius 2 is 2.06 bits per heavy atom. The average molecular weight is 223 g/mol. The van der Waals surface area contributed by atoms with Gasteiger partial charge in [0.05, 0.1) is 19.8 Å². The minimum absolute atomic E-state index is 0.291. The lowest BCUT2D eigenvalue weighted by atomic mass is 10.2. The molecule has 1 N–H and O–H groups in total. The van der Waals surface area contributed by atoms with Crippen LogP contribution in [0.3, 0.4) is 0 Å². The first-order valence-electron chi connectivity index (χ1n) is 5.63. The Kier molecular flexibility index (Phi) is 5.12. The number of rotatable bonds is 6. The molecule has 1 aromatic rings. The molecule has 0 radical (unpaired) electrons. The summed E-state index contributed by atoms with van der Waals surface area (Å²) in [5.74, 6) is 0.920. The van der Waals surface area contributed by atoms with E-state index in [2.05, 4.69) is 11.4 Å². The highest BCUT2D eigenvalue weighted by atomic mass is 16.5. The number of hydrogen-bond donors (Lipinski definition) is 1. The third kappa shape index (κ3) is 4.11. The summed E-state index contributed by atoms with van der Waals surface area (Å²) in [5.41, 5.74) is 2.24. The summed E-state index contributed by atoms with van der Waals surface area (Å²) in [6, 6.07) is 6.07. The molecule has 16 heavy (non-hydrogen) atoms. The zero-order valence-electron chi connectivity index (χ0n) is 10.5. The Morgan fingerprint density at radius 1 is 1.31 bits per heavy atom. The summed E-state index contributed by atoms with van der Waals surface area (Å²) < 4.78 is 10.7. The molecule has 90 valence electrons. The van der Waals surface area contributed by atoms with Gasteiger partial charge in [0.15, 0.2) is 0 Å². The van der Waals surface area contributed by atoms with Crippen LogP contribution in [0.4, 0.5) is 5.69 Å². The Hall–Kier alpha value is -1.22. The number of benzene rings is 1. The molecule has 0 heterocycles. The van der Waals surface area contributed by atoms with Gasteiger partial charge in [-0.2, -0.15) is 0 Å². The number of methoxy groups -OCH3 is 1. The lowest BCUT2D eigenvalue weighted by Gasteiger charge is -2.11. The highest BCUT2D eigenvalue weighted by Gasteiger charge is 1.99. The van der Waals surface area contributed by atoms with Crippen LogP contribution in [0, 0.1) is 6.92 Å². The average Bonchev–Trinajstić information content (AvgIpc) is 2.24. The van der Waals surface area contributed by atoms with Crippen molar-refractivity contribution >= 4 is 5.69 Å². The van der Waals surface area contributed by atoms with Crippen molar-refractivity contribution in [2.24, 2.45) is 0 Å². The quantitative estimate of drug-likeness (QED) is 0.752. The second-order valence-electron chi connectivity index (χ2n) is 4.03. The normalized spacial score (nSPS) is 10.6. The topological polar surface area (TPSA) is 30.5 Å². The van der Waals surface area contributed by atoms with Gasteiger partial charge in [0.25, 0.3) is 0 Å². The van der Waals surface area contributed by atoms with Crippen LogP contribution in [0.15, 0.2) is 18.2 Å². The van der Waals surface area contributed by atoms with Crippen LogP contribution < -0.4 is 10.1 Å². The van der Waals surface area contributed by atoms with Gasteiger partial charge in [0.1, 0.15) is 5.75 Å². The fraction of sp³-hybridized carbons (Fsp3) is 0.538. The second kappa shape index (κ2) is 6.38. The Labute approximate surface area is 97.8 Å². The van der Waals surface area contributed by atoms with Crippen molar-refractivity contribution in [3.05, 3.63) is 23.8 Å². The maximum Gasteiger partial charge on any atom is 0.121 e. The highest BCUT2D eigenvalue weighted by molar-refractivity contribution is 5.50. The van der Waals surface area contributed by atoms with Crippen molar-refractivity contribution in [1.29, 1.82) is 0 Å². The van der Waals surface area contributed by atoms with Crippen LogP contribution in [0.5, 0.6) is 5.75 Å². The van der Waals surface area contributed by atoms with Gasteiger partial charge >= 0.3 is 0 Å². The maximum atomic E-state index is 5.45. The van der Waals surface area contributed by atoms with Gasteiger partial charge < -0.3 is 14.8 Å². The van der Waals surface area contributed by atoms with E-state index < -0.39 is 0 Å². The molecule has 3 heteroatoms. The third-order valence-electron chi connectivity index (χ3n) is 2.28. The molecule has 1 rings (SSSR count). The molecular formula is C13H21NO2. The number of anilines is 1. The molecule has 0 spiro atoms. The molecule has 0 aliphatic carbocycles. The first-order valence-corrected chi connectivity index (χ1v) is 5.63. The first kappa shape index (κ1) is 12.8. The SMILES string of the molecule is COc1ccc(NCCOC(C)C)cc1C. The summed E-state index contributed by atoms with van der Waals surface area (Å²) in [4.78, 5) is 0. The van der Waals surface area contributed by atoms with E-state index >= 15 is 0 Å². The largest absolute Gasteiger partial charge is 0.496 e. The predicted molar refractivity (Wildman–Crippen MR) is 67.3 cm³/mol. The number of aryl methyl sites for hydroxylation is 1. The van der Waals surface area contributed by atoms with Gasteiger partial charge in [-0.15, -0.1) is 0 Å².